The van der Waals surface area contributed by atoms with Crippen LogP contribution in [0.5, 0.6) is 5.75 Å². The highest BCUT2D eigenvalue weighted by atomic mass is 31.1. The summed E-state index contributed by atoms with van der Waals surface area (Å²) in [7, 11) is 0.551. The largest absolute Gasteiger partial charge is 0.477 e. The molecule has 1 aromatic rings. The first-order valence-electron chi connectivity index (χ1n) is 6.71. The summed E-state index contributed by atoms with van der Waals surface area (Å²) in [4.78, 5) is 0. The summed E-state index contributed by atoms with van der Waals surface area (Å²) in [6.07, 6.45) is 1.07. The van der Waals surface area contributed by atoms with E-state index in [2.05, 4.69) is 66.7 Å². The van der Waals surface area contributed by atoms with Gasteiger partial charge in [-0.2, -0.15) is 0 Å². The molecule has 0 aliphatic rings. The van der Waals surface area contributed by atoms with Crippen molar-refractivity contribution in [1.29, 1.82) is 0 Å². The molecule has 2 heteroatoms. The van der Waals surface area contributed by atoms with E-state index in [1.54, 1.807) is 0 Å². The molecule has 0 bridgehead atoms. The summed E-state index contributed by atoms with van der Waals surface area (Å²) in [5.74, 6) is 1.05. The van der Waals surface area contributed by atoms with Crippen molar-refractivity contribution in [2.45, 2.75) is 59.3 Å². The van der Waals surface area contributed by atoms with Crippen molar-refractivity contribution in [3.8, 4) is 5.75 Å². The maximum absolute atomic E-state index is 5.91. The van der Waals surface area contributed by atoms with E-state index in [1.807, 2.05) is 0 Å². The molecule has 0 amide bonds. The lowest BCUT2D eigenvalue weighted by atomic mass is 9.80. The van der Waals surface area contributed by atoms with Crippen LogP contribution in [0, 0.1) is 0 Å². The minimum atomic E-state index is 0.120. The molecule has 0 radical (unpaired) electrons. The number of rotatable bonds is 3. The van der Waals surface area contributed by atoms with Gasteiger partial charge >= 0.3 is 0 Å². The van der Waals surface area contributed by atoms with Crippen molar-refractivity contribution in [2.24, 2.45) is 0 Å². The van der Waals surface area contributed by atoms with Crippen LogP contribution in [0.15, 0.2) is 18.2 Å². The molecule has 1 nitrogen and oxygen atoms in total. The molecule has 1 atom stereocenters. The van der Waals surface area contributed by atoms with Crippen molar-refractivity contribution in [3.05, 3.63) is 29.3 Å². The average molecular weight is 266 g/mol. The summed E-state index contributed by atoms with van der Waals surface area (Å²) in [6, 6.07) is 6.66. The second-order valence-corrected chi connectivity index (χ2v) is 8.01. The Morgan fingerprint density at radius 1 is 1.00 bits per heavy atom. The number of hydrogen-bond donors (Lipinski definition) is 0. The van der Waals surface area contributed by atoms with Gasteiger partial charge in [0, 0.05) is 5.56 Å². The van der Waals surface area contributed by atoms with Crippen LogP contribution in [0.1, 0.15) is 59.6 Å². The van der Waals surface area contributed by atoms with Gasteiger partial charge in [0.2, 0.25) is 0 Å². The smallest absolute Gasteiger partial charge is 0.126 e. The van der Waals surface area contributed by atoms with Gasteiger partial charge in [-0.05, 0) is 28.6 Å². The Morgan fingerprint density at radius 2 is 1.61 bits per heavy atom. The van der Waals surface area contributed by atoms with Gasteiger partial charge in [0.1, 0.15) is 5.75 Å². The van der Waals surface area contributed by atoms with Gasteiger partial charge in [0.15, 0.2) is 0 Å². The topological polar surface area (TPSA) is 9.23 Å². The predicted octanol–water partition coefficient (Wildman–Crippen LogP) is 5.27. The first-order valence-corrected chi connectivity index (χ1v) is 7.82. The summed E-state index contributed by atoms with van der Waals surface area (Å²) in [6.45, 7) is 15.7. The molecule has 0 spiro atoms. The molecular formula is C16H27OP. The first kappa shape index (κ1) is 15.5. The zero-order chi connectivity index (χ0) is 14.0. The van der Waals surface area contributed by atoms with Gasteiger partial charge in [-0.25, -0.2) is 0 Å². The fraction of sp³-hybridized carbons (Fsp3) is 0.625. The van der Waals surface area contributed by atoms with Gasteiger partial charge in [-0.15, -0.1) is 0 Å². The Balaban J connectivity index is 3.21. The van der Waals surface area contributed by atoms with Gasteiger partial charge in [0.25, 0.3) is 0 Å². The Hall–Kier alpha value is -0.550. The standard InChI is InChI=1S/C16H27OP/c1-8-18-17-14-10-9-12(15(2,3)4)11-13(14)16(5,6)7/h9-11,18H,8H2,1-7H3. The number of benzene rings is 1. The minimum Gasteiger partial charge on any atom is -0.477 e. The average Bonchev–Trinajstić information content (AvgIpc) is 2.23. The lowest BCUT2D eigenvalue weighted by Gasteiger charge is -2.27. The normalized spacial score (nSPS) is 13.3. The van der Waals surface area contributed by atoms with E-state index in [0.717, 1.165) is 11.9 Å². The van der Waals surface area contributed by atoms with E-state index < -0.39 is 0 Å². The van der Waals surface area contributed by atoms with Crippen molar-refractivity contribution in [3.63, 3.8) is 0 Å². The lowest BCUT2D eigenvalue weighted by Crippen LogP contribution is -2.16. The Labute approximate surface area is 114 Å². The van der Waals surface area contributed by atoms with Crippen molar-refractivity contribution in [1.82, 2.24) is 0 Å². The van der Waals surface area contributed by atoms with Crippen molar-refractivity contribution >= 4 is 8.81 Å². The number of hydrogen-bond acceptors (Lipinski definition) is 1. The van der Waals surface area contributed by atoms with E-state index in [9.17, 15) is 0 Å². The van der Waals surface area contributed by atoms with Crippen LogP contribution >= 0.6 is 8.81 Å². The van der Waals surface area contributed by atoms with Gasteiger partial charge in [-0.3, -0.25) is 0 Å². The lowest BCUT2D eigenvalue weighted by molar-refractivity contribution is 0.532. The Morgan fingerprint density at radius 3 is 2.06 bits per heavy atom. The van der Waals surface area contributed by atoms with Crippen LogP contribution in [0.3, 0.4) is 0 Å². The molecule has 0 N–H and O–H groups in total. The highest BCUT2D eigenvalue weighted by molar-refractivity contribution is 7.32. The monoisotopic (exact) mass is 266 g/mol. The fourth-order valence-corrected chi connectivity index (χ4v) is 2.30. The van der Waals surface area contributed by atoms with E-state index in [-0.39, 0.29) is 10.8 Å². The van der Waals surface area contributed by atoms with Crippen LogP contribution in [0.4, 0.5) is 0 Å². The van der Waals surface area contributed by atoms with Gasteiger partial charge in [-0.1, -0.05) is 60.6 Å². The van der Waals surface area contributed by atoms with Crippen LogP contribution in [0.25, 0.3) is 0 Å². The maximum Gasteiger partial charge on any atom is 0.126 e. The molecule has 0 saturated heterocycles. The van der Waals surface area contributed by atoms with E-state index >= 15 is 0 Å². The summed E-state index contributed by atoms with van der Waals surface area (Å²) >= 11 is 0. The SMILES string of the molecule is CCPOc1ccc(C(C)(C)C)cc1C(C)(C)C. The van der Waals surface area contributed by atoms with Crippen LogP contribution in [0.2, 0.25) is 0 Å². The van der Waals surface area contributed by atoms with Crippen molar-refractivity contribution < 1.29 is 4.52 Å². The molecule has 0 aliphatic heterocycles. The maximum atomic E-state index is 5.91. The molecule has 0 heterocycles. The Kier molecular flexibility index (Phi) is 4.84. The Bertz CT molecular complexity index is 397. The van der Waals surface area contributed by atoms with Gasteiger partial charge in [0.05, 0.1) is 8.81 Å². The zero-order valence-electron chi connectivity index (χ0n) is 12.8. The highest BCUT2D eigenvalue weighted by Crippen LogP contribution is 2.37. The molecule has 18 heavy (non-hydrogen) atoms. The molecule has 0 fully saturated rings. The summed E-state index contributed by atoms with van der Waals surface area (Å²) < 4.78 is 5.91. The van der Waals surface area contributed by atoms with Crippen molar-refractivity contribution in [2.75, 3.05) is 6.16 Å². The van der Waals surface area contributed by atoms with E-state index in [4.69, 9.17) is 4.52 Å². The first-order chi connectivity index (χ1) is 8.16. The third kappa shape index (κ3) is 3.99. The fourth-order valence-electron chi connectivity index (χ4n) is 1.82. The molecule has 1 unspecified atom stereocenters. The zero-order valence-corrected chi connectivity index (χ0v) is 13.8. The molecule has 0 saturated carbocycles. The molecule has 1 rings (SSSR count). The second-order valence-electron chi connectivity index (χ2n) is 6.81. The molecule has 1 aromatic carbocycles. The third-order valence-electron chi connectivity index (χ3n) is 2.98. The second kappa shape index (κ2) is 5.61. The molecule has 102 valence electrons. The van der Waals surface area contributed by atoms with E-state index in [0.29, 0.717) is 8.81 Å². The van der Waals surface area contributed by atoms with Crippen LogP contribution in [-0.4, -0.2) is 6.16 Å². The summed E-state index contributed by atoms with van der Waals surface area (Å²) in [5.41, 5.74) is 3.00. The van der Waals surface area contributed by atoms with Gasteiger partial charge < -0.3 is 4.52 Å². The molecular weight excluding hydrogens is 239 g/mol. The molecule has 0 aromatic heterocycles. The van der Waals surface area contributed by atoms with Crippen LogP contribution < -0.4 is 4.52 Å². The minimum absolute atomic E-state index is 0.120. The quantitative estimate of drug-likeness (QED) is 0.677. The van der Waals surface area contributed by atoms with Crippen LogP contribution in [-0.2, 0) is 10.8 Å². The van der Waals surface area contributed by atoms with E-state index in [1.165, 1.54) is 11.1 Å². The summed E-state index contributed by atoms with van der Waals surface area (Å²) in [5, 5.41) is 0. The third-order valence-corrected chi connectivity index (χ3v) is 3.63. The highest BCUT2D eigenvalue weighted by Gasteiger charge is 2.22. The predicted molar refractivity (Wildman–Crippen MR) is 83.3 cm³/mol. The molecule has 0 aliphatic carbocycles.